The molecular formula is C14H10BrN3O4. The predicted molar refractivity (Wildman–Crippen MR) is 84.0 cm³/mol. The number of hydrazone groups is 1. The van der Waals surface area contributed by atoms with Crippen molar-refractivity contribution in [2.45, 2.75) is 0 Å². The van der Waals surface area contributed by atoms with Gasteiger partial charge in [0.25, 0.3) is 5.91 Å². The zero-order valence-electron chi connectivity index (χ0n) is 11.1. The summed E-state index contributed by atoms with van der Waals surface area (Å²) in [5.41, 5.74) is 2.77. The molecule has 0 unspecified atom stereocenters. The molecule has 0 saturated carbocycles. The van der Waals surface area contributed by atoms with Crippen LogP contribution < -0.4 is 5.43 Å². The van der Waals surface area contributed by atoms with E-state index in [2.05, 4.69) is 26.5 Å². The normalized spacial score (nSPS) is 10.6. The summed E-state index contributed by atoms with van der Waals surface area (Å²) in [6.07, 6.45) is 1.28. The van der Waals surface area contributed by atoms with Crippen molar-refractivity contribution >= 4 is 33.7 Å². The van der Waals surface area contributed by atoms with E-state index in [0.717, 1.165) is 6.07 Å². The maximum atomic E-state index is 11.9. The Bertz CT molecular complexity index is 762. The molecule has 0 bridgehead atoms. The number of hydrogen-bond donors (Lipinski definition) is 2. The fourth-order valence-corrected chi connectivity index (χ4v) is 2.11. The zero-order chi connectivity index (χ0) is 16.1. The molecule has 0 fully saturated rings. The van der Waals surface area contributed by atoms with Gasteiger partial charge in [-0.05, 0) is 45.8 Å². The minimum absolute atomic E-state index is 0.394. The van der Waals surface area contributed by atoms with Crippen molar-refractivity contribution in [3.05, 3.63) is 68.2 Å². The topological polar surface area (TPSA) is 105 Å². The molecule has 2 aromatic rings. The van der Waals surface area contributed by atoms with Gasteiger partial charge >= 0.3 is 5.69 Å². The van der Waals surface area contributed by atoms with Crippen LogP contribution in [0.3, 0.4) is 0 Å². The average molecular weight is 364 g/mol. The van der Waals surface area contributed by atoms with Gasteiger partial charge in [0.05, 0.1) is 16.7 Å². The first-order valence-corrected chi connectivity index (χ1v) is 6.83. The van der Waals surface area contributed by atoms with Gasteiger partial charge in [0.2, 0.25) is 0 Å². The van der Waals surface area contributed by atoms with Gasteiger partial charge in [-0.1, -0.05) is 12.1 Å². The first-order chi connectivity index (χ1) is 10.5. The molecule has 0 atom stereocenters. The van der Waals surface area contributed by atoms with Crippen LogP contribution in [-0.4, -0.2) is 22.2 Å². The number of benzene rings is 2. The molecule has 22 heavy (non-hydrogen) atoms. The quantitative estimate of drug-likeness (QED) is 0.494. The number of aromatic hydroxyl groups is 1. The second-order valence-electron chi connectivity index (χ2n) is 4.18. The fourth-order valence-electron chi connectivity index (χ4n) is 1.65. The van der Waals surface area contributed by atoms with Crippen LogP contribution >= 0.6 is 15.9 Å². The van der Waals surface area contributed by atoms with Crippen LogP contribution in [0.25, 0.3) is 0 Å². The van der Waals surface area contributed by atoms with E-state index in [4.69, 9.17) is 0 Å². The molecule has 0 aliphatic carbocycles. The molecule has 2 N–H and O–H groups in total. The van der Waals surface area contributed by atoms with E-state index in [-0.39, 0.29) is 0 Å². The maximum Gasteiger partial charge on any atom is 0.310 e. The van der Waals surface area contributed by atoms with Crippen LogP contribution in [0.5, 0.6) is 5.75 Å². The Morgan fingerprint density at radius 1 is 1.32 bits per heavy atom. The number of hydrogen-bond acceptors (Lipinski definition) is 5. The number of nitro groups is 1. The number of phenols is 1. The third kappa shape index (κ3) is 3.67. The molecule has 2 rings (SSSR count). The number of rotatable bonds is 4. The molecule has 8 heteroatoms. The highest BCUT2D eigenvalue weighted by molar-refractivity contribution is 9.10. The Morgan fingerprint density at radius 3 is 2.68 bits per heavy atom. The van der Waals surface area contributed by atoms with Crippen molar-refractivity contribution in [2.24, 2.45) is 5.10 Å². The molecule has 1 amide bonds. The lowest BCUT2D eigenvalue weighted by Crippen LogP contribution is -2.18. The molecule has 0 aliphatic heterocycles. The highest BCUT2D eigenvalue weighted by atomic mass is 79.9. The van der Waals surface area contributed by atoms with Crippen LogP contribution in [0.1, 0.15) is 15.9 Å². The van der Waals surface area contributed by atoms with Crippen LogP contribution in [0, 0.1) is 10.1 Å². The number of carbonyl (C=O) groups is 1. The average Bonchev–Trinajstić information content (AvgIpc) is 2.47. The van der Waals surface area contributed by atoms with E-state index < -0.39 is 22.3 Å². The minimum Gasteiger partial charge on any atom is -0.502 e. The van der Waals surface area contributed by atoms with E-state index in [1.54, 1.807) is 24.3 Å². The van der Waals surface area contributed by atoms with Crippen LogP contribution in [0.15, 0.2) is 52.0 Å². The monoisotopic (exact) mass is 363 g/mol. The van der Waals surface area contributed by atoms with Gasteiger partial charge in [-0.3, -0.25) is 14.9 Å². The van der Waals surface area contributed by atoms with Gasteiger partial charge in [0.1, 0.15) is 0 Å². The molecule has 2 aromatic carbocycles. The van der Waals surface area contributed by atoms with Crippen molar-refractivity contribution in [3.8, 4) is 5.75 Å². The Kier molecular flexibility index (Phi) is 4.84. The van der Waals surface area contributed by atoms with E-state index in [9.17, 15) is 20.0 Å². The molecule has 7 nitrogen and oxygen atoms in total. The molecule has 0 aromatic heterocycles. The lowest BCUT2D eigenvalue weighted by atomic mass is 10.2. The molecule has 0 heterocycles. The van der Waals surface area contributed by atoms with E-state index in [1.165, 1.54) is 18.3 Å². The highest BCUT2D eigenvalue weighted by Gasteiger charge is 2.12. The summed E-state index contributed by atoms with van der Waals surface area (Å²) in [5, 5.41) is 23.8. The van der Waals surface area contributed by atoms with Gasteiger partial charge in [-0.15, -0.1) is 0 Å². The Hall–Kier alpha value is -2.74. The minimum atomic E-state index is -0.690. The SMILES string of the molecule is O=C(NN=Cc1ccc([N+](=O)[O-])c(O)c1)c1ccccc1Br. The first kappa shape index (κ1) is 15.6. The van der Waals surface area contributed by atoms with Gasteiger partial charge in [-0.25, -0.2) is 5.43 Å². The Balaban J connectivity index is 2.07. The van der Waals surface area contributed by atoms with Crippen LogP contribution in [0.2, 0.25) is 0 Å². The van der Waals surface area contributed by atoms with Crippen molar-refractivity contribution < 1.29 is 14.8 Å². The molecule has 0 radical (unpaired) electrons. The number of halogens is 1. The lowest BCUT2D eigenvalue weighted by Gasteiger charge is -2.02. The lowest BCUT2D eigenvalue weighted by molar-refractivity contribution is -0.385. The van der Waals surface area contributed by atoms with Gasteiger partial charge < -0.3 is 5.11 Å². The fraction of sp³-hybridized carbons (Fsp3) is 0. The maximum absolute atomic E-state index is 11.9. The summed E-state index contributed by atoms with van der Waals surface area (Å²) in [6.45, 7) is 0. The van der Waals surface area contributed by atoms with Crippen LogP contribution in [0.4, 0.5) is 5.69 Å². The largest absolute Gasteiger partial charge is 0.502 e. The molecule has 0 saturated heterocycles. The number of carbonyl (C=O) groups excluding carboxylic acids is 1. The van der Waals surface area contributed by atoms with Gasteiger partial charge in [-0.2, -0.15) is 5.10 Å². The summed E-state index contributed by atoms with van der Waals surface area (Å²) < 4.78 is 0.635. The summed E-state index contributed by atoms with van der Waals surface area (Å²) >= 11 is 3.26. The number of amides is 1. The van der Waals surface area contributed by atoms with E-state index >= 15 is 0 Å². The zero-order valence-corrected chi connectivity index (χ0v) is 12.6. The first-order valence-electron chi connectivity index (χ1n) is 6.04. The van der Waals surface area contributed by atoms with E-state index in [1.807, 2.05) is 0 Å². The molecule has 112 valence electrons. The summed E-state index contributed by atoms with van der Waals surface area (Å²) in [4.78, 5) is 21.8. The second-order valence-corrected chi connectivity index (χ2v) is 5.04. The predicted octanol–water partition coefficient (Wildman–Crippen LogP) is 2.83. The van der Waals surface area contributed by atoms with Crippen molar-refractivity contribution in [3.63, 3.8) is 0 Å². The smallest absolute Gasteiger partial charge is 0.310 e. The number of nitrogens with zero attached hydrogens (tertiary/aromatic N) is 2. The Labute approximate surface area is 133 Å². The molecular weight excluding hydrogens is 354 g/mol. The summed E-state index contributed by atoms with van der Waals surface area (Å²) in [7, 11) is 0. The van der Waals surface area contributed by atoms with Gasteiger partial charge in [0.15, 0.2) is 5.75 Å². The Morgan fingerprint density at radius 2 is 2.05 bits per heavy atom. The van der Waals surface area contributed by atoms with Crippen molar-refractivity contribution in [1.82, 2.24) is 5.43 Å². The number of nitrogens with one attached hydrogen (secondary N) is 1. The van der Waals surface area contributed by atoms with Gasteiger partial charge in [0, 0.05) is 10.5 Å². The van der Waals surface area contributed by atoms with E-state index in [0.29, 0.717) is 15.6 Å². The summed E-state index contributed by atoms with van der Waals surface area (Å²) in [5.74, 6) is -0.874. The molecule has 0 aliphatic rings. The summed E-state index contributed by atoms with van der Waals surface area (Å²) in [6, 6.07) is 10.6. The standard InChI is InChI=1S/C14H10BrN3O4/c15-11-4-2-1-3-10(11)14(20)17-16-8-9-5-6-12(18(21)22)13(19)7-9/h1-8,19H,(H,17,20). The molecule has 0 spiro atoms. The third-order valence-electron chi connectivity index (χ3n) is 2.69. The number of nitro benzene ring substituents is 1. The van der Waals surface area contributed by atoms with Crippen molar-refractivity contribution in [1.29, 1.82) is 0 Å². The third-order valence-corrected chi connectivity index (χ3v) is 3.39. The highest BCUT2D eigenvalue weighted by Crippen LogP contribution is 2.25. The second kappa shape index (κ2) is 6.81. The number of phenolic OH excluding ortho intramolecular Hbond substituents is 1. The van der Waals surface area contributed by atoms with Crippen LogP contribution in [-0.2, 0) is 0 Å². The van der Waals surface area contributed by atoms with Crippen molar-refractivity contribution in [2.75, 3.05) is 0 Å².